The van der Waals surface area contributed by atoms with Crippen molar-refractivity contribution in [3.63, 3.8) is 0 Å². The molecule has 158 valence electrons. The van der Waals surface area contributed by atoms with Gasteiger partial charge in [-0.25, -0.2) is 4.98 Å². The number of H-pyrrole nitrogens is 1. The number of aromatic amines is 1. The molecule has 2 aromatic heterocycles. The Morgan fingerprint density at radius 2 is 2.07 bits per heavy atom. The van der Waals surface area contributed by atoms with E-state index in [0.717, 1.165) is 55.1 Å². The van der Waals surface area contributed by atoms with Gasteiger partial charge in [-0.05, 0) is 56.4 Å². The van der Waals surface area contributed by atoms with Gasteiger partial charge in [-0.1, -0.05) is 17.8 Å². The van der Waals surface area contributed by atoms with Crippen molar-refractivity contribution in [1.29, 1.82) is 0 Å². The molecule has 4 rings (SSSR count). The highest BCUT2D eigenvalue weighted by Crippen LogP contribution is 2.35. The molecule has 5 nitrogen and oxygen atoms in total. The first-order valence-corrected chi connectivity index (χ1v) is 11.1. The summed E-state index contributed by atoms with van der Waals surface area (Å²) >= 11 is 2.58. The second kappa shape index (κ2) is 8.07. The molecule has 3 aromatic rings. The van der Waals surface area contributed by atoms with E-state index in [1.54, 1.807) is 6.92 Å². The van der Waals surface area contributed by atoms with Gasteiger partial charge in [-0.15, -0.1) is 11.3 Å². The number of nitrogens with one attached hydrogen (secondary N) is 2. The van der Waals surface area contributed by atoms with Gasteiger partial charge in [0.1, 0.15) is 4.83 Å². The number of fused-ring (bicyclic) bond motifs is 3. The zero-order chi connectivity index (χ0) is 21.5. The highest BCUT2D eigenvalue weighted by atomic mass is 32.2. The summed E-state index contributed by atoms with van der Waals surface area (Å²) in [5, 5.41) is 2.77. The number of hydrogen-bond acceptors (Lipinski definition) is 5. The van der Waals surface area contributed by atoms with Gasteiger partial charge in [0.05, 0.1) is 16.2 Å². The number of nitrogens with zero attached hydrogens (tertiary/aromatic N) is 1. The number of hydrogen-bond donors (Lipinski definition) is 2. The van der Waals surface area contributed by atoms with Gasteiger partial charge in [0.25, 0.3) is 5.56 Å². The second-order valence-corrected chi connectivity index (χ2v) is 9.50. The van der Waals surface area contributed by atoms with Gasteiger partial charge in [-0.3, -0.25) is 9.59 Å². The van der Waals surface area contributed by atoms with Gasteiger partial charge in [-0.2, -0.15) is 13.2 Å². The van der Waals surface area contributed by atoms with Crippen molar-refractivity contribution < 1.29 is 18.0 Å². The summed E-state index contributed by atoms with van der Waals surface area (Å²) in [7, 11) is 0. The van der Waals surface area contributed by atoms with Crippen LogP contribution in [0.15, 0.2) is 34.2 Å². The van der Waals surface area contributed by atoms with E-state index >= 15 is 0 Å². The fourth-order valence-corrected chi connectivity index (χ4v) is 5.55. The molecule has 2 N–H and O–H groups in total. The standard InChI is InChI=1S/C20H18F3N3O2S2/c1-10(16(27)24-12-6-4-5-11(9-12)20(21,22)23)29-19-25-17(28)15-13-7-2-3-8-14(13)30-18(15)26-19/h4-6,9-10H,2-3,7-8H2,1H3,(H,24,27)(H,25,26,28). The Morgan fingerprint density at radius 3 is 2.83 bits per heavy atom. The lowest BCUT2D eigenvalue weighted by molar-refractivity contribution is -0.137. The van der Waals surface area contributed by atoms with Crippen LogP contribution in [-0.4, -0.2) is 21.1 Å². The lowest BCUT2D eigenvalue weighted by Gasteiger charge is -2.13. The first-order chi connectivity index (χ1) is 14.2. The third kappa shape index (κ3) is 4.24. The molecule has 0 saturated heterocycles. The highest BCUT2D eigenvalue weighted by Gasteiger charge is 2.30. The Bertz CT molecular complexity index is 1170. The van der Waals surface area contributed by atoms with Crippen molar-refractivity contribution in [2.45, 2.75) is 49.2 Å². The molecule has 1 unspecified atom stereocenters. The van der Waals surface area contributed by atoms with Crippen LogP contribution in [0.3, 0.4) is 0 Å². The molecule has 0 radical (unpaired) electrons. The average Bonchev–Trinajstić information content (AvgIpc) is 3.06. The number of amides is 1. The number of alkyl halides is 3. The summed E-state index contributed by atoms with van der Waals surface area (Å²) in [5.74, 6) is -0.479. The van der Waals surface area contributed by atoms with Crippen LogP contribution in [0.5, 0.6) is 0 Å². The Labute approximate surface area is 178 Å². The van der Waals surface area contributed by atoms with Gasteiger partial charge in [0, 0.05) is 10.6 Å². The van der Waals surface area contributed by atoms with Crippen LogP contribution in [0.4, 0.5) is 18.9 Å². The molecule has 0 fully saturated rings. The van der Waals surface area contributed by atoms with E-state index in [1.807, 2.05) is 0 Å². The summed E-state index contributed by atoms with van der Waals surface area (Å²) in [6, 6.07) is 4.46. The predicted octanol–water partition coefficient (Wildman–Crippen LogP) is 5.00. The van der Waals surface area contributed by atoms with Crippen LogP contribution in [0.2, 0.25) is 0 Å². The van der Waals surface area contributed by atoms with Gasteiger partial charge >= 0.3 is 6.18 Å². The molecule has 0 saturated carbocycles. The normalized spacial score (nSPS) is 15.1. The minimum atomic E-state index is -4.49. The molecular formula is C20H18F3N3O2S2. The molecule has 10 heteroatoms. The van der Waals surface area contributed by atoms with Crippen molar-refractivity contribution in [2.75, 3.05) is 5.32 Å². The molecule has 0 aliphatic heterocycles. The number of anilines is 1. The summed E-state index contributed by atoms with van der Waals surface area (Å²) < 4.78 is 38.5. The molecule has 1 aliphatic rings. The van der Waals surface area contributed by atoms with E-state index in [9.17, 15) is 22.8 Å². The van der Waals surface area contributed by atoms with Gasteiger partial charge < -0.3 is 10.3 Å². The Hall–Kier alpha value is -2.33. The number of carbonyl (C=O) groups excluding carboxylic acids is 1. The van der Waals surface area contributed by atoms with E-state index in [4.69, 9.17) is 0 Å². The van der Waals surface area contributed by atoms with Crippen molar-refractivity contribution in [3.8, 4) is 0 Å². The van der Waals surface area contributed by atoms with Crippen molar-refractivity contribution in [2.24, 2.45) is 0 Å². The Balaban J connectivity index is 1.51. The topological polar surface area (TPSA) is 74.8 Å². The highest BCUT2D eigenvalue weighted by molar-refractivity contribution is 8.00. The molecule has 1 aliphatic carbocycles. The maximum atomic E-state index is 12.8. The second-order valence-electron chi connectivity index (χ2n) is 7.09. The fraction of sp³-hybridized carbons (Fsp3) is 0.350. The summed E-state index contributed by atoms with van der Waals surface area (Å²) in [6.45, 7) is 1.61. The molecule has 1 amide bonds. The fourth-order valence-electron chi connectivity index (χ4n) is 3.44. The number of benzene rings is 1. The maximum absolute atomic E-state index is 12.8. The van der Waals surface area contributed by atoms with Crippen molar-refractivity contribution in [1.82, 2.24) is 9.97 Å². The van der Waals surface area contributed by atoms with Crippen LogP contribution in [0.25, 0.3) is 10.2 Å². The van der Waals surface area contributed by atoms with E-state index in [-0.39, 0.29) is 11.2 Å². The minimum Gasteiger partial charge on any atom is -0.325 e. The maximum Gasteiger partial charge on any atom is 0.416 e. The quantitative estimate of drug-likeness (QED) is 0.431. The molecule has 1 atom stereocenters. The number of aryl methyl sites for hydroxylation is 2. The number of carbonyl (C=O) groups is 1. The van der Waals surface area contributed by atoms with Gasteiger partial charge in [0.15, 0.2) is 5.16 Å². The third-order valence-corrected chi connectivity index (χ3v) is 7.09. The number of thiophene rings is 1. The van der Waals surface area contributed by atoms with Crippen LogP contribution >= 0.6 is 23.1 Å². The zero-order valence-electron chi connectivity index (χ0n) is 15.9. The smallest absolute Gasteiger partial charge is 0.325 e. The lowest BCUT2D eigenvalue weighted by atomic mass is 9.97. The van der Waals surface area contributed by atoms with Crippen LogP contribution in [0.1, 0.15) is 35.8 Å². The number of halogens is 3. The molecule has 0 bridgehead atoms. The largest absolute Gasteiger partial charge is 0.416 e. The summed E-state index contributed by atoms with van der Waals surface area (Å²) in [5.41, 5.74) is 0.0955. The number of thioether (sulfide) groups is 1. The van der Waals surface area contributed by atoms with Crippen molar-refractivity contribution in [3.05, 3.63) is 50.6 Å². The van der Waals surface area contributed by atoms with E-state index in [2.05, 4.69) is 15.3 Å². The van der Waals surface area contributed by atoms with Crippen molar-refractivity contribution >= 4 is 44.9 Å². The molecule has 30 heavy (non-hydrogen) atoms. The molecular weight excluding hydrogens is 435 g/mol. The van der Waals surface area contributed by atoms with E-state index < -0.39 is 22.9 Å². The average molecular weight is 454 g/mol. The monoisotopic (exact) mass is 453 g/mol. The Kier molecular flexibility index (Phi) is 5.63. The first-order valence-electron chi connectivity index (χ1n) is 9.41. The first kappa shape index (κ1) is 20.9. The predicted molar refractivity (Wildman–Crippen MR) is 112 cm³/mol. The van der Waals surface area contributed by atoms with Crippen LogP contribution in [0, 0.1) is 0 Å². The SMILES string of the molecule is CC(Sc1nc2sc3c(c2c(=O)[nH]1)CCCC3)C(=O)Nc1cccc(C(F)(F)F)c1. The third-order valence-electron chi connectivity index (χ3n) is 4.92. The van der Waals surface area contributed by atoms with Crippen LogP contribution < -0.4 is 10.9 Å². The number of aromatic nitrogens is 2. The molecule has 0 spiro atoms. The molecule has 2 heterocycles. The summed E-state index contributed by atoms with van der Waals surface area (Å²) in [4.78, 5) is 34.2. The minimum absolute atomic E-state index is 0.0603. The van der Waals surface area contributed by atoms with Gasteiger partial charge in [0.2, 0.25) is 5.91 Å². The van der Waals surface area contributed by atoms with E-state index in [0.29, 0.717) is 15.4 Å². The zero-order valence-corrected chi connectivity index (χ0v) is 17.6. The molecule has 1 aromatic carbocycles. The number of rotatable bonds is 4. The Morgan fingerprint density at radius 1 is 1.30 bits per heavy atom. The summed E-state index contributed by atoms with van der Waals surface area (Å²) in [6.07, 6.45) is -0.496. The van der Waals surface area contributed by atoms with Crippen LogP contribution in [-0.2, 0) is 23.8 Å². The lowest BCUT2D eigenvalue weighted by Crippen LogP contribution is -2.23. The van der Waals surface area contributed by atoms with E-state index in [1.165, 1.54) is 28.3 Å².